The summed E-state index contributed by atoms with van der Waals surface area (Å²) in [6.07, 6.45) is 29.4. The highest BCUT2D eigenvalue weighted by Gasteiger charge is 2.20. The Hall–Kier alpha value is -2.26. The molecule has 1 saturated carbocycles. The zero-order chi connectivity index (χ0) is 26.7. The topological polar surface area (TPSA) is 0 Å². The summed E-state index contributed by atoms with van der Waals surface area (Å²) < 4.78 is 0. The lowest BCUT2D eigenvalue weighted by atomic mass is 9.77. The van der Waals surface area contributed by atoms with Crippen LogP contribution in [0.15, 0.2) is 60.7 Å². The molecule has 0 atom stereocenters. The SMILES string of the molecule is CC/C=C/CCc1ccc(C#Cc2ccc(CCC3CCC(CCCCCCCCCC)CC3)cc2)cc1. The second-order valence-corrected chi connectivity index (χ2v) is 11.8. The number of unbranched alkanes of at least 4 members (excludes halogenated alkanes) is 7. The van der Waals surface area contributed by atoms with E-state index in [4.69, 9.17) is 0 Å². The Morgan fingerprint density at radius 3 is 1.63 bits per heavy atom. The van der Waals surface area contributed by atoms with Gasteiger partial charge in [-0.05, 0) is 79.3 Å². The highest BCUT2D eigenvalue weighted by Crippen LogP contribution is 2.34. The summed E-state index contributed by atoms with van der Waals surface area (Å²) in [4.78, 5) is 0. The van der Waals surface area contributed by atoms with Gasteiger partial charge in [0.25, 0.3) is 0 Å². The molecule has 0 N–H and O–H groups in total. The molecule has 38 heavy (non-hydrogen) atoms. The molecule has 2 aromatic carbocycles. The molecule has 3 rings (SSSR count). The monoisotopic (exact) mass is 510 g/mol. The molecule has 206 valence electrons. The lowest BCUT2D eigenvalue weighted by molar-refractivity contribution is 0.248. The van der Waals surface area contributed by atoms with E-state index in [0.29, 0.717) is 0 Å². The number of allylic oxidation sites excluding steroid dienone is 2. The molecule has 1 aliphatic carbocycles. The van der Waals surface area contributed by atoms with Crippen LogP contribution in [0.2, 0.25) is 0 Å². The van der Waals surface area contributed by atoms with Crippen LogP contribution in [0, 0.1) is 23.7 Å². The minimum atomic E-state index is 0.940. The minimum Gasteiger partial charge on any atom is -0.0888 e. The molecule has 2 aromatic rings. The van der Waals surface area contributed by atoms with Crippen molar-refractivity contribution < 1.29 is 0 Å². The van der Waals surface area contributed by atoms with E-state index in [1.54, 1.807) is 0 Å². The van der Waals surface area contributed by atoms with Crippen LogP contribution in [0.5, 0.6) is 0 Å². The molecule has 0 heteroatoms. The summed E-state index contributed by atoms with van der Waals surface area (Å²) >= 11 is 0. The van der Waals surface area contributed by atoms with Gasteiger partial charge in [-0.3, -0.25) is 0 Å². The van der Waals surface area contributed by atoms with Gasteiger partial charge in [-0.2, -0.15) is 0 Å². The first-order valence-corrected chi connectivity index (χ1v) is 16.1. The first-order chi connectivity index (χ1) is 18.8. The smallest absolute Gasteiger partial charge is 0.0249 e. The molecule has 0 aromatic heterocycles. The standard InChI is InChI=1S/C38H54/c1-3-5-7-9-10-11-12-14-16-34-19-23-36(24-20-34)26-28-38-31-29-37(30-32-38)27-25-35-21-17-33(18-22-35)15-13-8-6-4-2/h6,8,17-18,21-22,29-32,34,36H,3-5,7,9-16,19-20,23-24,26,28H2,1-2H3/b8-6+. The van der Waals surface area contributed by atoms with Crippen molar-refractivity contribution in [3.63, 3.8) is 0 Å². The maximum Gasteiger partial charge on any atom is 0.0249 e. The Kier molecular flexibility index (Phi) is 15.1. The van der Waals surface area contributed by atoms with Crippen LogP contribution in [0.3, 0.4) is 0 Å². The van der Waals surface area contributed by atoms with Gasteiger partial charge in [0.2, 0.25) is 0 Å². The molecule has 1 fully saturated rings. The number of aryl methyl sites for hydroxylation is 2. The second kappa shape index (κ2) is 18.9. The van der Waals surface area contributed by atoms with Crippen molar-refractivity contribution in [2.45, 2.75) is 129 Å². The van der Waals surface area contributed by atoms with Crippen LogP contribution in [0.4, 0.5) is 0 Å². The van der Waals surface area contributed by atoms with Gasteiger partial charge in [-0.25, -0.2) is 0 Å². The third-order valence-electron chi connectivity index (χ3n) is 8.53. The van der Waals surface area contributed by atoms with Crippen molar-refractivity contribution in [2.75, 3.05) is 0 Å². The number of benzene rings is 2. The summed E-state index contributed by atoms with van der Waals surface area (Å²) in [5.74, 6) is 8.65. The predicted molar refractivity (Wildman–Crippen MR) is 168 cm³/mol. The Labute approximate surface area is 235 Å². The van der Waals surface area contributed by atoms with E-state index in [2.05, 4.69) is 86.4 Å². The first-order valence-electron chi connectivity index (χ1n) is 16.1. The van der Waals surface area contributed by atoms with E-state index in [-0.39, 0.29) is 0 Å². The van der Waals surface area contributed by atoms with E-state index in [1.165, 1.54) is 107 Å². The second-order valence-electron chi connectivity index (χ2n) is 11.8. The number of hydrogen-bond donors (Lipinski definition) is 0. The summed E-state index contributed by atoms with van der Waals surface area (Å²) in [5, 5.41) is 0. The van der Waals surface area contributed by atoms with Crippen LogP contribution in [-0.2, 0) is 12.8 Å². The molecule has 0 aliphatic heterocycles. The van der Waals surface area contributed by atoms with Gasteiger partial charge in [-0.15, -0.1) is 0 Å². The molecular weight excluding hydrogens is 456 g/mol. The van der Waals surface area contributed by atoms with Crippen molar-refractivity contribution in [1.82, 2.24) is 0 Å². The highest BCUT2D eigenvalue weighted by atomic mass is 14.3. The van der Waals surface area contributed by atoms with Crippen molar-refractivity contribution in [2.24, 2.45) is 11.8 Å². The normalized spacial score (nSPS) is 17.4. The van der Waals surface area contributed by atoms with E-state index in [1.807, 2.05) is 0 Å². The zero-order valence-electron chi connectivity index (χ0n) is 24.7. The van der Waals surface area contributed by atoms with Crippen molar-refractivity contribution >= 4 is 0 Å². The van der Waals surface area contributed by atoms with Gasteiger partial charge in [0.15, 0.2) is 0 Å². The Balaban J connectivity index is 1.29. The Bertz CT molecular complexity index is 942. The lowest BCUT2D eigenvalue weighted by Gasteiger charge is -2.28. The number of rotatable bonds is 16. The molecule has 0 bridgehead atoms. The van der Waals surface area contributed by atoms with Crippen molar-refractivity contribution in [3.8, 4) is 11.8 Å². The van der Waals surface area contributed by atoms with Crippen LogP contribution in [-0.4, -0.2) is 0 Å². The fourth-order valence-electron chi connectivity index (χ4n) is 5.93. The molecule has 0 radical (unpaired) electrons. The molecule has 0 heterocycles. The molecule has 0 saturated heterocycles. The fraction of sp³-hybridized carbons (Fsp3) is 0.579. The average Bonchev–Trinajstić information content (AvgIpc) is 2.96. The predicted octanol–water partition coefficient (Wildman–Crippen LogP) is 11.3. The summed E-state index contributed by atoms with van der Waals surface area (Å²) in [5.41, 5.74) is 5.07. The van der Waals surface area contributed by atoms with Gasteiger partial charge < -0.3 is 0 Å². The van der Waals surface area contributed by atoms with E-state index in [9.17, 15) is 0 Å². The quantitative estimate of drug-likeness (QED) is 0.120. The van der Waals surface area contributed by atoms with Gasteiger partial charge in [0.05, 0.1) is 0 Å². The van der Waals surface area contributed by atoms with Gasteiger partial charge in [-0.1, -0.05) is 146 Å². The molecule has 1 aliphatic rings. The van der Waals surface area contributed by atoms with Gasteiger partial charge in [0, 0.05) is 11.1 Å². The van der Waals surface area contributed by atoms with E-state index >= 15 is 0 Å². The zero-order valence-corrected chi connectivity index (χ0v) is 24.7. The highest BCUT2D eigenvalue weighted by molar-refractivity contribution is 5.44. The van der Waals surface area contributed by atoms with Crippen LogP contribution in [0.25, 0.3) is 0 Å². The molecule has 0 spiro atoms. The van der Waals surface area contributed by atoms with E-state index < -0.39 is 0 Å². The van der Waals surface area contributed by atoms with Crippen molar-refractivity contribution in [3.05, 3.63) is 82.9 Å². The molecule has 0 unspecified atom stereocenters. The third kappa shape index (κ3) is 12.5. The largest absolute Gasteiger partial charge is 0.0888 e. The summed E-state index contributed by atoms with van der Waals surface area (Å²) in [6, 6.07) is 17.8. The van der Waals surface area contributed by atoms with Crippen LogP contribution >= 0.6 is 0 Å². The minimum absolute atomic E-state index is 0.940. The third-order valence-corrected chi connectivity index (χ3v) is 8.53. The maximum atomic E-state index is 3.35. The van der Waals surface area contributed by atoms with Gasteiger partial charge in [0.1, 0.15) is 0 Å². The summed E-state index contributed by atoms with van der Waals surface area (Å²) in [7, 11) is 0. The average molecular weight is 511 g/mol. The Morgan fingerprint density at radius 2 is 1.08 bits per heavy atom. The fourth-order valence-corrected chi connectivity index (χ4v) is 5.93. The van der Waals surface area contributed by atoms with Crippen molar-refractivity contribution in [1.29, 1.82) is 0 Å². The Morgan fingerprint density at radius 1 is 0.579 bits per heavy atom. The first kappa shape index (κ1) is 30.3. The maximum absolute atomic E-state index is 3.35. The lowest BCUT2D eigenvalue weighted by Crippen LogP contribution is -2.15. The summed E-state index contributed by atoms with van der Waals surface area (Å²) in [6.45, 7) is 4.49. The van der Waals surface area contributed by atoms with Gasteiger partial charge >= 0.3 is 0 Å². The number of hydrogen-bond acceptors (Lipinski definition) is 0. The van der Waals surface area contributed by atoms with E-state index in [0.717, 1.165) is 42.2 Å². The van der Waals surface area contributed by atoms with Crippen LogP contribution in [0.1, 0.15) is 139 Å². The molecule has 0 amide bonds. The molecule has 0 nitrogen and oxygen atoms in total. The molecular formula is C38H54. The van der Waals surface area contributed by atoms with Crippen LogP contribution < -0.4 is 0 Å².